The molecule has 11 heterocycles. The molecule has 4 aliphatic rings. The van der Waals surface area contributed by atoms with Crippen molar-refractivity contribution in [3.63, 3.8) is 0 Å². The molecule has 6 atom stereocenters. The number of aromatic nitrogens is 6. The van der Waals surface area contributed by atoms with Crippen LogP contribution < -0.4 is 14.8 Å². The molecule has 3 N–H and O–H groups in total. The number of amides is 5. The van der Waals surface area contributed by atoms with Crippen LogP contribution in [-0.2, 0) is 63.3 Å². The molecule has 0 radical (unpaired) electrons. The predicted octanol–water partition coefficient (Wildman–Crippen LogP) is 15.6. The highest BCUT2D eigenvalue weighted by molar-refractivity contribution is 7.16. The first-order valence-electron chi connectivity index (χ1n) is 33.3. The largest absolute Gasteiger partial charge is 0.481 e. The van der Waals surface area contributed by atoms with Gasteiger partial charge in [0.25, 0.3) is 23.6 Å². The molecular formula is C68H72ClF12N11O9S4. The third-order valence-electron chi connectivity index (χ3n) is 19.1. The molecule has 568 valence electrons. The molecule has 0 bridgehead atoms. The second-order valence-corrected chi connectivity index (χ2v) is 31.6. The first kappa shape index (κ1) is 79.6. The zero-order valence-electron chi connectivity index (χ0n) is 57.1. The van der Waals surface area contributed by atoms with Crippen LogP contribution >= 0.6 is 56.9 Å². The van der Waals surface area contributed by atoms with Crippen LogP contribution in [0.4, 0.5) is 52.7 Å². The van der Waals surface area contributed by atoms with Crippen molar-refractivity contribution in [3.8, 4) is 11.5 Å². The summed E-state index contributed by atoms with van der Waals surface area (Å²) >= 11 is 9.67. The molecule has 0 saturated carbocycles. The van der Waals surface area contributed by atoms with Gasteiger partial charge in [-0.15, -0.1) is 55.5 Å². The number of carbonyl (C=O) groups excluding carboxylic acids is 5. The number of rotatable bonds is 20. The lowest BCUT2D eigenvalue weighted by Gasteiger charge is -2.51. The van der Waals surface area contributed by atoms with E-state index in [9.17, 15) is 77.0 Å². The van der Waals surface area contributed by atoms with Crippen LogP contribution in [0.2, 0.25) is 4.34 Å². The van der Waals surface area contributed by atoms with E-state index in [1.54, 1.807) is 38.7 Å². The Morgan fingerprint density at radius 2 is 1.10 bits per heavy atom. The molecule has 11 rings (SSSR count). The van der Waals surface area contributed by atoms with Crippen molar-refractivity contribution in [2.75, 3.05) is 26.2 Å². The molecular weight excluding hydrogens is 1510 g/mol. The highest BCUT2D eigenvalue weighted by Gasteiger charge is 2.60. The van der Waals surface area contributed by atoms with Crippen molar-refractivity contribution >= 4 is 92.5 Å². The Balaban J connectivity index is 0.000000226. The van der Waals surface area contributed by atoms with Crippen molar-refractivity contribution < 1.29 is 96.0 Å². The van der Waals surface area contributed by atoms with E-state index in [2.05, 4.69) is 35.9 Å². The standard InChI is InChI=1S/C35H38F6N8O4S2.C33H34ClF6N3O5S2/c1-4-7-24-33(53-21-16-25(55-19-21)35(39,40)41,11-6-13-49(24)29(50)27-22(34(36,37)38)8-5-12-42-27)31(52)48-14-9-20-10-15-54-28(20)23(48)17-32(2,3)30(51)43-18-26-44-46-47-45-26;1-4-7-22-31(48-19-15-23(49-17-19)33(38,39)40,10-6-12-43(22)27(44)25-20(32(35,36)37)8-5-11-41-25)28(45)42-13-9-18-14-24(34)50-26(18)21(42)16-30(2,3)29(46)47/h5,8,10,12,15-16,19,23-24H,4,6-7,9,11,13-14,17-18H2,1-3H3,(H,43,51)(H,44,45,46,47);5,8,11,14-15,17,21-22H,4,6-7,9-10,12-13,16H2,1-3H3,(H,46,47)/t23?,24-,33+;21?,22-,31+/m11/s1. The fourth-order valence-corrected chi connectivity index (χ4v) is 18.0. The van der Waals surface area contributed by atoms with Gasteiger partial charge in [0.15, 0.2) is 5.82 Å². The molecule has 2 fully saturated rings. The average Bonchev–Trinajstić information content (AvgIpc) is 1.54. The van der Waals surface area contributed by atoms with E-state index in [4.69, 9.17) is 21.1 Å². The third kappa shape index (κ3) is 16.9. The van der Waals surface area contributed by atoms with E-state index in [-0.39, 0.29) is 107 Å². The molecule has 7 aromatic heterocycles. The van der Waals surface area contributed by atoms with E-state index < -0.39 is 133 Å². The molecule has 4 aliphatic heterocycles. The van der Waals surface area contributed by atoms with E-state index in [1.165, 1.54) is 41.4 Å². The lowest BCUT2D eigenvalue weighted by atomic mass is 9.77. The SMILES string of the molecule is CCC[C@H]1N(C(=O)c2ncccc2C(F)(F)F)CCC[C@@]1(Oc1csc(C(F)(F)F)c1)C(=O)N1CCc2cc(Cl)sc2C1CC(C)(C)C(=O)O.CCC[C@H]1N(C(=O)c2ncccc2C(F)(F)F)CCC[C@@]1(Oc1csc(C(F)(F)F)c1)C(=O)N1CCc2ccsc2C1CC(C)(C)C(=O)NCc1nn[nH]n1. The van der Waals surface area contributed by atoms with Gasteiger partial charge in [0.2, 0.25) is 17.1 Å². The van der Waals surface area contributed by atoms with Gasteiger partial charge in [0.1, 0.15) is 32.6 Å². The van der Waals surface area contributed by atoms with Crippen molar-refractivity contribution in [1.29, 1.82) is 0 Å². The number of carboxylic acids is 1. The molecule has 2 unspecified atom stereocenters. The number of pyridine rings is 2. The van der Waals surface area contributed by atoms with Gasteiger partial charge in [-0.05, 0) is 118 Å². The van der Waals surface area contributed by atoms with E-state index in [0.717, 1.165) is 85.4 Å². The minimum atomic E-state index is -4.93. The Hall–Kier alpha value is -7.96. The highest BCUT2D eigenvalue weighted by atomic mass is 35.5. The number of hydrogen-bond donors (Lipinski definition) is 3. The molecule has 0 aliphatic carbocycles. The van der Waals surface area contributed by atoms with Crippen molar-refractivity contribution in [2.45, 2.75) is 185 Å². The van der Waals surface area contributed by atoms with Crippen molar-refractivity contribution in [3.05, 3.63) is 140 Å². The Morgan fingerprint density at radius 3 is 1.54 bits per heavy atom. The maximum atomic E-state index is 15.5. The van der Waals surface area contributed by atoms with Crippen LogP contribution in [0.15, 0.2) is 77.1 Å². The minimum Gasteiger partial charge on any atom is -0.481 e. The number of aromatic amines is 1. The maximum absolute atomic E-state index is 15.5. The number of carbonyl (C=O) groups is 6. The lowest BCUT2D eigenvalue weighted by molar-refractivity contribution is -0.164. The number of aliphatic carboxylic acids is 1. The second-order valence-electron chi connectivity index (χ2n) is 27.2. The molecule has 20 nitrogen and oxygen atoms in total. The second kappa shape index (κ2) is 31.1. The molecule has 37 heteroatoms. The fraction of sp³-hybridized carbons (Fsp3) is 0.515. The summed E-state index contributed by atoms with van der Waals surface area (Å²) in [5.41, 5.74) is -9.02. The zero-order chi connectivity index (χ0) is 76.6. The van der Waals surface area contributed by atoms with Gasteiger partial charge in [-0.1, -0.05) is 57.4 Å². The van der Waals surface area contributed by atoms with E-state index in [1.807, 2.05) is 11.4 Å². The Kier molecular flexibility index (Phi) is 23.6. The van der Waals surface area contributed by atoms with Crippen LogP contribution in [-0.4, -0.2) is 140 Å². The summed E-state index contributed by atoms with van der Waals surface area (Å²) in [6.45, 7) is 9.99. The van der Waals surface area contributed by atoms with Crippen molar-refractivity contribution in [1.82, 2.24) is 55.5 Å². The topological polar surface area (TPSA) is 246 Å². The van der Waals surface area contributed by atoms with Gasteiger partial charge in [-0.3, -0.25) is 38.7 Å². The average molecular weight is 1580 g/mol. The number of hydrogen-bond acceptors (Lipinski definition) is 17. The number of alkyl halides is 12. The predicted molar refractivity (Wildman–Crippen MR) is 362 cm³/mol. The number of likely N-dealkylation sites (tertiary alicyclic amines) is 2. The molecule has 0 aromatic carbocycles. The minimum absolute atomic E-state index is 0.0112. The van der Waals surface area contributed by atoms with Crippen LogP contribution in [0.5, 0.6) is 11.5 Å². The number of thiophene rings is 4. The zero-order valence-corrected chi connectivity index (χ0v) is 61.1. The quantitative estimate of drug-likeness (QED) is 0.0601. The van der Waals surface area contributed by atoms with Gasteiger partial charge < -0.3 is 39.5 Å². The summed E-state index contributed by atoms with van der Waals surface area (Å²) < 4.78 is 180. The summed E-state index contributed by atoms with van der Waals surface area (Å²) in [6, 6.07) is 4.79. The number of piperidine rings is 2. The number of nitrogens with one attached hydrogen (secondary N) is 2. The van der Waals surface area contributed by atoms with Gasteiger partial charge in [-0.2, -0.15) is 57.9 Å². The first-order chi connectivity index (χ1) is 49.3. The number of nitrogens with zero attached hydrogens (tertiary/aromatic N) is 9. The highest BCUT2D eigenvalue weighted by Crippen LogP contribution is 2.51. The number of fused-ring (bicyclic) bond motifs is 2. The molecule has 105 heavy (non-hydrogen) atoms. The van der Waals surface area contributed by atoms with Crippen molar-refractivity contribution in [2.24, 2.45) is 10.8 Å². The first-order valence-corrected chi connectivity index (χ1v) is 37.2. The summed E-state index contributed by atoms with van der Waals surface area (Å²) in [7, 11) is 0. The van der Waals surface area contributed by atoms with Gasteiger partial charge in [-0.25, -0.2) is 0 Å². The summed E-state index contributed by atoms with van der Waals surface area (Å²) in [5.74, 6) is -5.34. The molecule has 7 aromatic rings. The maximum Gasteiger partial charge on any atom is 0.425 e. The van der Waals surface area contributed by atoms with Crippen LogP contribution in [0.1, 0.15) is 186 Å². The van der Waals surface area contributed by atoms with Gasteiger partial charge >= 0.3 is 30.7 Å². The monoisotopic (exact) mass is 1580 g/mol. The number of halogens is 13. The number of ether oxygens (including phenoxy) is 2. The third-order valence-corrected chi connectivity index (χ3v) is 23.5. The fourth-order valence-electron chi connectivity index (χ4n) is 14.1. The lowest BCUT2D eigenvalue weighted by Crippen LogP contribution is -2.68. The normalized spacial score (nSPS) is 21.1. The smallest absolute Gasteiger partial charge is 0.425 e. The Morgan fingerprint density at radius 1 is 0.629 bits per heavy atom. The van der Waals surface area contributed by atoms with Gasteiger partial charge in [0.05, 0.1) is 51.6 Å². The van der Waals surface area contributed by atoms with E-state index in [0.29, 0.717) is 57.6 Å². The Bertz CT molecular complexity index is 4290. The molecule has 2 saturated heterocycles. The number of tetrazole rings is 1. The summed E-state index contributed by atoms with van der Waals surface area (Å²) in [4.78, 5) is 97.3. The number of carboxylic acid groups (broad SMARTS) is 1. The van der Waals surface area contributed by atoms with Crippen LogP contribution in [0, 0.1) is 10.8 Å². The number of H-pyrrole nitrogens is 1. The van der Waals surface area contributed by atoms with Crippen LogP contribution in [0.25, 0.3) is 0 Å². The summed E-state index contributed by atoms with van der Waals surface area (Å²) in [5, 5.41) is 30.4. The summed E-state index contributed by atoms with van der Waals surface area (Å²) in [6.07, 6.45) is -15.6. The van der Waals surface area contributed by atoms with Gasteiger partial charge in [0, 0.05) is 89.5 Å². The molecule has 5 amide bonds. The molecule has 0 spiro atoms. The van der Waals surface area contributed by atoms with E-state index >= 15 is 9.59 Å². The Labute approximate surface area is 614 Å². The van der Waals surface area contributed by atoms with Crippen LogP contribution in [0.3, 0.4) is 0 Å².